The van der Waals surface area contributed by atoms with Gasteiger partial charge in [0.25, 0.3) is 5.91 Å². The fourth-order valence-electron chi connectivity index (χ4n) is 2.98. The van der Waals surface area contributed by atoms with E-state index in [0.29, 0.717) is 11.5 Å². The van der Waals surface area contributed by atoms with Crippen molar-refractivity contribution in [3.8, 4) is 0 Å². The van der Waals surface area contributed by atoms with Crippen molar-refractivity contribution in [1.82, 2.24) is 5.32 Å². The van der Waals surface area contributed by atoms with Crippen molar-refractivity contribution >= 4 is 23.9 Å². The molecule has 0 bridgehead atoms. The number of hydrogen-bond donors (Lipinski definition) is 1. The first kappa shape index (κ1) is 19.7. The number of hydrogen-bond acceptors (Lipinski definition) is 5. The highest BCUT2D eigenvalue weighted by atomic mass is 16.5. The molecule has 2 rings (SSSR count). The summed E-state index contributed by atoms with van der Waals surface area (Å²) in [5.41, 5.74) is 1.16. The molecule has 1 saturated carbocycles. The summed E-state index contributed by atoms with van der Waals surface area (Å²) in [7, 11) is 1.32. The standard InChI is InChI=1S/C20H25NO5/c1-14-5-3-4-6-17(14)21-18(22)13-26-19(23)12-9-15-7-10-16(11-8-15)20(24)25-2/h7-12,14,17H,3-6,13H2,1-2H3,(H,21,22)/b12-9+/t14-,17-/m0/s1. The van der Waals surface area contributed by atoms with Gasteiger partial charge in [0, 0.05) is 12.1 Å². The van der Waals surface area contributed by atoms with Crippen LogP contribution < -0.4 is 5.32 Å². The molecule has 1 N–H and O–H groups in total. The van der Waals surface area contributed by atoms with Gasteiger partial charge in [0.05, 0.1) is 12.7 Å². The molecule has 26 heavy (non-hydrogen) atoms. The van der Waals surface area contributed by atoms with E-state index in [-0.39, 0.29) is 18.6 Å². The SMILES string of the molecule is COC(=O)c1ccc(/C=C/C(=O)OCC(=O)N[C@H]2CCCC[C@@H]2C)cc1. The summed E-state index contributed by atoms with van der Waals surface area (Å²) >= 11 is 0. The molecular formula is C20H25NO5. The molecular weight excluding hydrogens is 334 g/mol. The van der Waals surface area contributed by atoms with Gasteiger partial charge in [-0.05, 0) is 42.5 Å². The van der Waals surface area contributed by atoms with E-state index in [0.717, 1.165) is 24.8 Å². The lowest BCUT2D eigenvalue weighted by Crippen LogP contribution is -2.42. The molecule has 2 atom stereocenters. The minimum Gasteiger partial charge on any atom is -0.465 e. The van der Waals surface area contributed by atoms with E-state index in [1.54, 1.807) is 30.3 Å². The van der Waals surface area contributed by atoms with Crippen molar-refractivity contribution in [3.05, 3.63) is 41.5 Å². The number of rotatable bonds is 6. The van der Waals surface area contributed by atoms with Crippen LogP contribution in [0.15, 0.2) is 30.3 Å². The van der Waals surface area contributed by atoms with Crippen molar-refractivity contribution in [3.63, 3.8) is 0 Å². The van der Waals surface area contributed by atoms with Crippen molar-refractivity contribution in [2.75, 3.05) is 13.7 Å². The monoisotopic (exact) mass is 359 g/mol. The molecule has 0 radical (unpaired) electrons. The smallest absolute Gasteiger partial charge is 0.337 e. The first-order chi connectivity index (χ1) is 12.5. The third-order valence-corrected chi connectivity index (χ3v) is 4.55. The fraction of sp³-hybridized carbons (Fsp3) is 0.450. The number of carbonyl (C=O) groups excluding carboxylic acids is 3. The molecule has 1 amide bonds. The van der Waals surface area contributed by atoms with Gasteiger partial charge in [-0.3, -0.25) is 4.79 Å². The van der Waals surface area contributed by atoms with Crippen LogP contribution in [0.5, 0.6) is 0 Å². The highest BCUT2D eigenvalue weighted by Gasteiger charge is 2.22. The number of ether oxygens (including phenoxy) is 2. The molecule has 1 aliphatic rings. The summed E-state index contributed by atoms with van der Waals surface area (Å²) in [5.74, 6) is -0.823. The van der Waals surface area contributed by atoms with Crippen molar-refractivity contribution in [1.29, 1.82) is 0 Å². The van der Waals surface area contributed by atoms with Gasteiger partial charge in [-0.2, -0.15) is 0 Å². The van der Waals surface area contributed by atoms with Crippen LogP contribution in [0, 0.1) is 5.92 Å². The van der Waals surface area contributed by atoms with Crippen LogP contribution in [0.4, 0.5) is 0 Å². The van der Waals surface area contributed by atoms with Crippen LogP contribution in [0.2, 0.25) is 0 Å². The van der Waals surface area contributed by atoms with E-state index in [2.05, 4.69) is 17.0 Å². The molecule has 1 aromatic carbocycles. The molecule has 6 heteroatoms. The van der Waals surface area contributed by atoms with Gasteiger partial charge < -0.3 is 14.8 Å². The van der Waals surface area contributed by atoms with E-state index >= 15 is 0 Å². The van der Waals surface area contributed by atoms with Crippen molar-refractivity contribution in [2.24, 2.45) is 5.92 Å². The van der Waals surface area contributed by atoms with Crippen LogP contribution in [-0.2, 0) is 19.1 Å². The van der Waals surface area contributed by atoms with E-state index in [1.165, 1.54) is 19.6 Å². The maximum atomic E-state index is 11.9. The lowest BCUT2D eigenvalue weighted by Gasteiger charge is -2.29. The first-order valence-electron chi connectivity index (χ1n) is 8.82. The number of nitrogens with one attached hydrogen (secondary N) is 1. The minimum atomic E-state index is -0.589. The molecule has 0 unspecified atom stereocenters. The van der Waals surface area contributed by atoms with Crippen molar-refractivity contribution in [2.45, 2.75) is 38.6 Å². The van der Waals surface area contributed by atoms with Gasteiger partial charge in [-0.25, -0.2) is 9.59 Å². The number of benzene rings is 1. The third-order valence-electron chi connectivity index (χ3n) is 4.55. The number of esters is 2. The molecule has 1 aliphatic carbocycles. The van der Waals surface area contributed by atoms with Gasteiger partial charge in [0.15, 0.2) is 6.61 Å². The molecule has 6 nitrogen and oxygen atoms in total. The second-order valence-corrected chi connectivity index (χ2v) is 6.49. The molecule has 0 aromatic heterocycles. The summed E-state index contributed by atoms with van der Waals surface area (Å²) in [4.78, 5) is 35.0. The lowest BCUT2D eigenvalue weighted by molar-refractivity contribution is -0.144. The zero-order valence-corrected chi connectivity index (χ0v) is 15.2. The maximum Gasteiger partial charge on any atom is 0.337 e. The van der Waals surface area contributed by atoms with E-state index < -0.39 is 11.9 Å². The van der Waals surface area contributed by atoms with Crippen LogP contribution in [-0.4, -0.2) is 37.6 Å². The van der Waals surface area contributed by atoms with E-state index in [9.17, 15) is 14.4 Å². The van der Waals surface area contributed by atoms with Gasteiger partial charge in [0.1, 0.15) is 0 Å². The molecule has 0 aliphatic heterocycles. The Morgan fingerprint density at radius 3 is 2.50 bits per heavy atom. The van der Waals surface area contributed by atoms with Crippen molar-refractivity contribution < 1.29 is 23.9 Å². The predicted molar refractivity (Wildman–Crippen MR) is 97.3 cm³/mol. The summed E-state index contributed by atoms with van der Waals surface area (Å²) in [6.45, 7) is 1.85. The Hall–Kier alpha value is -2.63. The van der Waals surface area contributed by atoms with E-state index in [4.69, 9.17) is 4.74 Å². The molecule has 0 saturated heterocycles. The predicted octanol–water partition coefficient (Wildman–Crippen LogP) is 2.72. The minimum absolute atomic E-state index is 0.166. The highest BCUT2D eigenvalue weighted by molar-refractivity contribution is 5.91. The van der Waals surface area contributed by atoms with Gasteiger partial charge >= 0.3 is 11.9 Å². The Labute approximate surface area is 153 Å². The van der Waals surface area contributed by atoms with Crippen LogP contribution in [0.25, 0.3) is 6.08 Å². The maximum absolute atomic E-state index is 11.9. The zero-order valence-electron chi connectivity index (χ0n) is 15.2. The second-order valence-electron chi connectivity index (χ2n) is 6.49. The summed E-state index contributed by atoms with van der Waals surface area (Å²) < 4.78 is 9.59. The van der Waals surface area contributed by atoms with Gasteiger partial charge in [-0.15, -0.1) is 0 Å². The average Bonchev–Trinajstić information content (AvgIpc) is 2.66. The average molecular weight is 359 g/mol. The topological polar surface area (TPSA) is 81.7 Å². The van der Waals surface area contributed by atoms with Gasteiger partial charge in [-0.1, -0.05) is 31.9 Å². The first-order valence-corrected chi connectivity index (χ1v) is 8.82. The molecule has 1 fully saturated rings. The Morgan fingerprint density at radius 1 is 1.15 bits per heavy atom. The van der Waals surface area contributed by atoms with Crippen LogP contribution in [0.3, 0.4) is 0 Å². The number of methoxy groups -OCH3 is 1. The van der Waals surface area contributed by atoms with E-state index in [1.807, 2.05) is 0 Å². The van der Waals surface area contributed by atoms with Crippen LogP contribution >= 0.6 is 0 Å². The molecule has 1 aromatic rings. The Balaban J connectivity index is 1.76. The molecule has 0 heterocycles. The van der Waals surface area contributed by atoms with Crippen LogP contribution in [0.1, 0.15) is 48.5 Å². The summed E-state index contributed by atoms with van der Waals surface area (Å²) in [6.07, 6.45) is 7.22. The normalized spacial score (nSPS) is 19.8. The van der Waals surface area contributed by atoms with Gasteiger partial charge in [0.2, 0.25) is 0 Å². The molecule has 140 valence electrons. The second kappa shape index (κ2) is 9.75. The largest absolute Gasteiger partial charge is 0.465 e. The quantitative estimate of drug-likeness (QED) is 0.624. The zero-order chi connectivity index (χ0) is 18.9. The summed E-state index contributed by atoms with van der Waals surface area (Å²) in [5, 5.41) is 2.94. The molecule has 0 spiro atoms. The number of carbonyl (C=O) groups is 3. The fourth-order valence-corrected chi connectivity index (χ4v) is 2.98. The summed E-state index contributed by atoms with van der Waals surface area (Å²) in [6, 6.07) is 6.75. The third kappa shape index (κ3) is 6.02. The number of amides is 1. The highest BCUT2D eigenvalue weighted by Crippen LogP contribution is 2.23. The Bertz CT molecular complexity index is 665. The lowest BCUT2D eigenvalue weighted by atomic mass is 9.86. The Morgan fingerprint density at radius 2 is 1.85 bits per heavy atom. The Kier molecular flexibility index (Phi) is 7.38.